The van der Waals surface area contributed by atoms with E-state index < -0.39 is 61.8 Å². The second-order valence-corrected chi connectivity index (χ2v) is 19.0. The fraction of sp³-hybridized carbons (Fsp3) is 0.537. The molecule has 0 unspecified atom stereocenters. The van der Waals surface area contributed by atoms with Crippen LogP contribution in [-0.4, -0.2) is 70.4 Å². The molecule has 16 heteroatoms. The van der Waals surface area contributed by atoms with Crippen LogP contribution in [0, 0.1) is 30.1 Å². The third kappa shape index (κ3) is 8.68. The zero-order valence-electron chi connectivity index (χ0n) is 32.4. The number of nitrogens with one attached hydrogen (secondary N) is 1. The number of sulfonamides is 1. The molecule has 0 bridgehead atoms. The molecule has 0 saturated heterocycles. The normalized spacial score (nSPS) is 24.1. The number of amides is 2. The summed E-state index contributed by atoms with van der Waals surface area (Å²) in [7, 11) is -2.28. The minimum absolute atomic E-state index is 0.0174. The molecule has 0 spiro atoms. The van der Waals surface area contributed by atoms with Gasteiger partial charge in [0.1, 0.15) is 22.2 Å². The number of alkyl halides is 3. The van der Waals surface area contributed by atoms with Gasteiger partial charge in [-0.3, -0.25) is 19.1 Å². The Bertz CT molecular complexity index is 2190. The molecule has 2 heterocycles. The molecule has 2 N–H and O–H groups in total. The lowest BCUT2D eigenvalue weighted by Gasteiger charge is -2.37. The lowest BCUT2D eigenvalue weighted by Crippen LogP contribution is -2.47. The number of benzene rings is 1. The number of aromatic nitrogens is 2. The minimum Gasteiger partial charge on any atom is -0.490 e. The smallest absolute Gasteiger partial charge is 0.434 e. The van der Waals surface area contributed by atoms with E-state index >= 15 is 0 Å². The van der Waals surface area contributed by atoms with Gasteiger partial charge >= 0.3 is 6.18 Å². The van der Waals surface area contributed by atoms with Crippen molar-refractivity contribution in [2.75, 3.05) is 13.6 Å². The summed E-state index contributed by atoms with van der Waals surface area (Å²) in [5.41, 5.74) is -0.659. The number of ether oxygens (including phenoxy) is 1. The molecule has 0 aliphatic heterocycles. The summed E-state index contributed by atoms with van der Waals surface area (Å²) in [5, 5.41) is 11.4. The van der Waals surface area contributed by atoms with Crippen LogP contribution in [0.25, 0.3) is 21.6 Å². The number of ketones is 1. The van der Waals surface area contributed by atoms with E-state index in [2.05, 4.69) is 27.8 Å². The Morgan fingerprint density at radius 3 is 2.49 bits per heavy atom. The summed E-state index contributed by atoms with van der Waals surface area (Å²) < 4.78 is 74.6. The van der Waals surface area contributed by atoms with Crippen LogP contribution in [0.15, 0.2) is 48.9 Å². The second-order valence-electron chi connectivity index (χ2n) is 16.0. The molecule has 2 amide bonds. The number of Topliss-reactive ketones (excluding diaryl/α,β-unsaturated/α-hetero) is 1. The molecule has 3 aliphatic carbocycles. The SMILES string of the molecule is C=CCCCCN(C)C(=O)[C@@H]1CC[C@H](Oc2cc(-c3nc(C(F)(F)F)cs3)nc3c(C)c(CO)ccc23)C[C@H]1C(=O)C[C@]1(C(=O)NS(=O)(=O)C2(C)CC2)C[C@H]1C=C. The van der Waals surface area contributed by atoms with E-state index in [4.69, 9.17) is 4.74 Å². The number of hydrogen-bond donors (Lipinski definition) is 2. The Balaban J connectivity index is 1.31. The number of rotatable bonds is 17. The molecule has 5 atom stereocenters. The number of aryl methyl sites for hydroxylation is 1. The van der Waals surface area contributed by atoms with Gasteiger partial charge in [-0.05, 0) is 94.7 Å². The van der Waals surface area contributed by atoms with Gasteiger partial charge in [0, 0.05) is 48.7 Å². The van der Waals surface area contributed by atoms with Crippen molar-refractivity contribution in [3.63, 3.8) is 0 Å². The first-order chi connectivity index (χ1) is 26.9. The number of aliphatic hydroxyl groups is 1. The summed E-state index contributed by atoms with van der Waals surface area (Å²) in [6, 6.07) is 4.94. The average Bonchev–Trinajstić information content (AvgIpc) is 4.04. The summed E-state index contributed by atoms with van der Waals surface area (Å²) in [6.45, 7) is 11.1. The van der Waals surface area contributed by atoms with E-state index in [1.54, 1.807) is 44.0 Å². The van der Waals surface area contributed by atoms with Crippen molar-refractivity contribution in [1.82, 2.24) is 19.6 Å². The van der Waals surface area contributed by atoms with E-state index in [9.17, 15) is 41.1 Å². The Kier molecular flexibility index (Phi) is 12.1. The highest BCUT2D eigenvalue weighted by Gasteiger charge is 2.62. The van der Waals surface area contributed by atoms with Crippen LogP contribution in [0.2, 0.25) is 0 Å². The molecule has 3 fully saturated rings. The number of hydrogen-bond acceptors (Lipinski definition) is 10. The van der Waals surface area contributed by atoms with Gasteiger partial charge in [0.25, 0.3) is 0 Å². The highest BCUT2D eigenvalue weighted by molar-refractivity contribution is 7.91. The molecule has 6 rings (SSSR count). The van der Waals surface area contributed by atoms with Crippen molar-refractivity contribution in [3.8, 4) is 16.5 Å². The van der Waals surface area contributed by atoms with Crippen LogP contribution in [0.3, 0.4) is 0 Å². The quantitative estimate of drug-likeness (QED) is 0.105. The van der Waals surface area contributed by atoms with Gasteiger partial charge < -0.3 is 14.7 Å². The molecule has 3 aliphatic rings. The van der Waals surface area contributed by atoms with Gasteiger partial charge in [0.15, 0.2) is 5.69 Å². The third-order valence-corrected chi connectivity index (χ3v) is 15.1. The van der Waals surface area contributed by atoms with E-state index in [0.29, 0.717) is 47.8 Å². The van der Waals surface area contributed by atoms with Crippen LogP contribution in [0.1, 0.15) is 88.0 Å². The van der Waals surface area contributed by atoms with Crippen molar-refractivity contribution >= 4 is 49.9 Å². The number of nitrogens with zero attached hydrogens (tertiary/aromatic N) is 3. The first-order valence-electron chi connectivity index (χ1n) is 19.2. The highest BCUT2D eigenvalue weighted by atomic mass is 32.2. The van der Waals surface area contributed by atoms with Crippen LogP contribution in [0.5, 0.6) is 5.75 Å². The van der Waals surface area contributed by atoms with Gasteiger partial charge in [-0.2, -0.15) is 13.2 Å². The molecular formula is C41H49F3N4O7S2. The molecule has 308 valence electrons. The average molecular weight is 831 g/mol. The highest BCUT2D eigenvalue weighted by Crippen LogP contribution is 2.58. The van der Waals surface area contributed by atoms with E-state index in [-0.39, 0.29) is 60.4 Å². The van der Waals surface area contributed by atoms with Crippen molar-refractivity contribution in [2.24, 2.45) is 23.2 Å². The maximum atomic E-state index is 14.5. The minimum atomic E-state index is -4.66. The first-order valence-corrected chi connectivity index (χ1v) is 21.6. The number of unbranched alkanes of at least 4 members (excludes halogenated alkanes) is 2. The fourth-order valence-corrected chi connectivity index (χ4v) is 9.98. The molecule has 2 aromatic heterocycles. The van der Waals surface area contributed by atoms with Crippen molar-refractivity contribution in [1.29, 1.82) is 0 Å². The first kappa shape index (κ1) is 42.5. The van der Waals surface area contributed by atoms with Crippen LogP contribution >= 0.6 is 11.3 Å². The lowest BCUT2D eigenvalue weighted by atomic mass is 9.72. The van der Waals surface area contributed by atoms with E-state index in [0.717, 1.165) is 36.0 Å². The molecule has 3 aromatic rings. The second kappa shape index (κ2) is 16.2. The number of pyridine rings is 1. The van der Waals surface area contributed by atoms with Crippen LogP contribution in [-0.2, 0) is 37.2 Å². The maximum Gasteiger partial charge on any atom is 0.434 e. The van der Waals surface area contributed by atoms with Crippen LogP contribution in [0.4, 0.5) is 13.2 Å². The van der Waals surface area contributed by atoms with Gasteiger partial charge in [0.05, 0.1) is 28.4 Å². The summed E-state index contributed by atoms with van der Waals surface area (Å²) in [5.74, 6) is -3.08. The van der Waals surface area contributed by atoms with Gasteiger partial charge in [-0.1, -0.05) is 18.2 Å². The zero-order valence-corrected chi connectivity index (χ0v) is 34.0. The molecule has 57 heavy (non-hydrogen) atoms. The van der Waals surface area contributed by atoms with Crippen molar-refractivity contribution in [3.05, 3.63) is 65.7 Å². The van der Waals surface area contributed by atoms with Crippen LogP contribution < -0.4 is 9.46 Å². The largest absolute Gasteiger partial charge is 0.490 e. The summed E-state index contributed by atoms with van der Waals surface area (Å²) in [6.07, 6.45) is 2.00. The van der Waals surface area contributed by atoms with Gasteiger partial charge in [-0.25, -0.2) is 18.4 Å². The fourth-order valence-electron chi connectivity index (χ4n) is 7.86. The van der Waals surface area contributed by atoms with Crippen molar-refractivity contribution < 1.29 is 45.8 Å². The Hall–Kier alpha value is -4.15. The molecular weight excluding hydrogens is 782 g/mol. The number of thiazole rings is 1. The molecule has 0 radical (unpaired) electrons. The van der Waals surface area contributed by atoms with E-state index in [1.807, 2.05) is 6.08 Å². The molecule has 11 nitrogen and oxygen atoms in total. The van der Waals surface area contributed by atoms with Gasteiger partial charge in [-0.15, -0.1) is 24.5 Å². The number of halogens is 3. The summed E-state index contributed by atoms with van der Waals surface area (Å²) >= 11 is 0.783. The monoisotopic (exact) mass is 830 g/mol. The Morgan fingerprint density at radius 1 is 1.14 bits per heavy atom. The lowest BCUT2D eigenvalue weighted by molar-refractivity contribution is -0.144. The predicted molar refractivity (Wildman–Crippen MR) is 211 cm³/mol. The number of carbonyl (C=O) groups is 3. The maximum absolute atomic E-state index is 14.5. The molecule has 3 saturated carbocycles. The third-order valence-electron chi connectivity index (χ3n) is 12.0. The number of carbonyl (C=O) groups excluding carboxylic acids is 3. The molecule has 1 aromatic carbocycles. The number of fused-ring (bicyclic) bond motifs is 1. The number of aliphatic hydroxyl groups excluding tert-OH is 1. The Labute approximate surface area is 334 Å². The zero-order chi connectivity index (χ0) is 41.5. The standard InChI is InChI=1S/C41H49F3N4O7S2/c1-6-8-9-10-17-48(5)37(51)28-14-12-27(18-30(28)32(50)21-40(20-26(40)7-2)38(52)47-57(53,54)39(4)15-16-39)55-33-19-31(36-46-34(23-56-36)41(42,43)44)45-35-24(3)25(22-49)11-13-29(33)35/h6-7,11,13,19,23,26-28,30,49H,1-2,8-10,12,14-18,20-22H2,3-5H3,(H,47,52)/t26-,27+,28-,30-,40-/m1/s1. The Morgan fingerprint density at radius 2 is 1.88 bits per heavy atom. The van der Waals surface area contributed by atoms with E-state index in [1.165, 1.54) is 6.07 Å². The topological polar surface area (TPSA) is 156 Å². The van der Waals surface area contributed by atoms with Gasteiger partial charge in [0.2, 0.25) is 21.8 Å². The number of allylic oxidation sites excluding steroid dienone is 2. The van der Waals surface area contributed by atoms with Crippen molar-refractivity contribution in [2.45, 2.75) is 102 Å². The predicted octanol–water partition coefficient (Wildman–Crippen LogP) is 7.31. The summed E-state index contributed by atoms with van der Waals surface area (Å²) in [4.78, 5) is 52.4.